The zero-order chi connectivity index (χ0) is 12.4. The van der Waals surface area contributed by atoms with Gasteiger partial charge < -0.3 is 4.74 Å². The molecule has 0 radical (unpaired) electrons. The molecule has 1 aromatic carbocycles. The van der Waals surface area contributed by atoms with Gasteiger partial charge in [-0.3, -0.25) is 14.3 Å². The van der Waals surface area contributed by atoms with Gasteiger partial charge in [0.05, 0.1) is 25.4 Å². The van der Waals surface area contributed by atoms with Crippen molar-refractivity contribution in [2.75, 3.05) is 26.3 Å². The third-order valence-electron chi connectivity index (χ3n) is 3.34. The topological polar surface area (TPSA) is 34.5 Å². The maximum absolute atomic E-state index is 12.0. The largest absolute Gasteiger partial charge is 0.379 e. The Labute approximate surface area is 105 Å². The van der Waals surface area contributed by atoms with E-state index in [2.05, 4.69) is 4.90 Å². The molecule has 0 bridgehead atoms. The maximum Gasteiger partial charge on any atom is 0.252 e. The predicted octanol–water partition coefficient (Wildman–Crippen LogP) is 1.29. The Morgan fingerprint density at radius 2 is 1.83 bits per heavy atom. The van der Waals surface area contributed by atoms with Gasteiger partial charge in [0, 0.05) is 19.2 Å². The molecule has 0 aliphatic carbocycles. The average Bonchev–Trinajstić information content (AvgIpc) is 2.43. The van der Waals surface area contributed by atoms with Crippen LogP contribution in [-0.4, -0.2) is 35.8 Å². The van der Waals surface area contributed by atoms with Gasteiger partial charge in [-0.2, -0.15) is 0 Å². The Morgan fingerprint density at radius 1 is 1.06 bits per heavy atom. The monoisotopic (exact) mass is 244 g/mol. The summed E-state index contributed by atoms with van der Waals surface area (Å²) in [5.74, 6) is 0. The standard InChI is InChI=1S/C14H16N2O2/c17-14-6-5-12-3-1-2-4-13(12)16(14)11-15-7-9-18-10-8-15/h1-6H,7-11H2. The molecule has 94 valence electrons. The first kappa shape index (κ1) is 11.4. The zero-order valence-corrected chi connectivity index (χ0v) is 10.2. The lowest BCUT2D eigenvalue weighted by molar-refractivity contribution is 0.0236. The first-order valence-corrected chi connectivity index (χ1v) is 6.23. The van der Waals surface area contributed by atoms with Crippen LogP contribution in [0.2, 0.25) is 0 Å². The van der Waals surface area contributed by atoms with Crippen molar-refractivity contribution in [2.45, 2.75) is 6.67 Å². The summed E-state index contributed by atoms with van der Waals surface area (Å²) in [7, 11) is 0. The van der Waals surface area contributed by atoms with Crippen molar-refractivity contribution in [2.24, 2.45) is 0 Å². The van der Waals surface area contributed by atoms with Crippen molar-refractivity contribution in [1.82, 2.24) is 9.47 Å². The van der Waals surface area contributed by atoms with Crippen LogP contribution in [-0.2, 0) is 11.4 Å². The summed E-state index contributed by atoms with van der Waals surface area (Å²) in [4.78, 5) is 14.3. The van der Waals surface area contributed by atoms with E-state index in [0.29, 0.717) is 6.67 Å². The van der Waals surface area contributed by atoms with Crippen molar-refractivity contribution in [1.29, 1.82) is 0 Å². The SMILES string of the molecule is O=c1ccc2ccccc2n1CN1CCOCC1. The molecule has 4 heteroatoms. The van der Waals surface area contributed by atoms with Gasteiger partial charge in [0.25, 0.3) is 5.56 Å². The van der Waals surface area contributed by atoms with E-state index in [0.717, 1.165) is 37.2 Å². The number of para-hydroxylation sites is 1. The van der Waals surface area contributed by atoms with Crippen LogP contribution < -0.4 is 5.56 Å². The van der Waals surface area contributed by atoms with Crippen molar-refractivity contribution < 1.29 is 4.74 Å². The molecule has 1 aromatic heterocycles. The number of hydrogen-bond donors (Lipinski definition) is 0. The first-order chi connectivity index (χ1) is 8.84. The lowest BCUT2D eigenvalue weighted by Gasteiger charge is -2.27. The smallest absolute Gasteiger partial charge is 0.252 e. The minimum atomic E-state index is 0.0557. The molecule has 0 unspecified atom stereocenters. The fraction of sp³-hybridized carbons (Fsp3) is 0.357. The van der Waals surface area contributed by atoms with Gasteiger partial charge in [0.2, 0.25) is 0 Å². The number of fused-ring (bicyclic) bond motifs is 1. The molecule has 2 aromatic rings. The highest BCUT2D eigenvalue weighted by atomic mass is 16.5. The Kier molecular flexibility index (Phi) is 3.13. The van der Waals surface area contributed by atoms with Crippen molar-refractivity contribution in [3.8, 4) is 0 Å². The average molecular weight is 244 g/mol. The van der Waals surface area contributed by atoms with Gasteiger partial charge in [-0.25, -0.2) is 0 Å². The predicted molar refractivity (Wildman–Crippen MR) is 70.6 cm³/mol. The fourth-order valence-corrected chi connectivity index (χ4v) is 2.33. The van der Waals surface area contributed by atoms with Crippen molar-refractivity contribution in [3.63, 3.8) is 0 Å². The van der Waals surface area contributed by atoms with Crippen LogP contribution >= 0.6 is 0 Å². The van der Waals surface area contributed by atoms with Crippen LogP contribution in [0.3, 0.4) is 0 Å². The summed E-state index contributed by atoms with van der Waals surface area (Å²) in [5, 5.41) is 1.10. The van der Waals surface area contributed by atoms with E-state index in [-0.39, 0.29) is 5.56 Å². The highest BCUT2D eigenvalue weighted by Crippen LogP contribution is 2.11. The van der Waals surface area contributed by atoms with E-state index in [1.54, 1.807) is 6.07 Å². The highest BCUT2D eigenvalue weighted by Gasteiger charge is 2.12. The van der Waals surface area contributed by atoms with Crippen LogP contribution in [0.1, 0.15) is 0 Å². The van der Waals surface area contributed by atoms with Gasteiger partial charge in [-0.05, 0) is 17.5 Å². The van der Waals surface area contributed by atoms with E-state index >= 15 is 0 Å². The molecule has 4 nitrogen and oxygen atoms in total. The lowest BCUT2D eigenvalue weighted by atomic mass is 10.2. The normalized spacial score (nSPS) is 17.1. The minimum Gasteiger partial charge on any atom is -0.379 e. The number of morpholine rings is 1. The fourth-order valence-electron chi connectivity index (χ4n) is 2.33. The molecule has 2 heterocycles. The van der Waals surface area contributed by atoms with Crippen LogP contribution in [0.4, 0.5) is 0 Å². The quantitative estimate of drug-likeness (QED) is 0.798. The van der Waals surface area contributed by atoms with Crippen LogP contribution in [0.25, 0.3) is 10.9 Å². The molecule has 0 N–H and O–H groups in total. The molecule has 1 aliphatic heterocycles. The number of rotatable bonds is 2. The number of ether oxygens (including phenoxy) is 1. The van der Waals surface area contributed by atoms with Gasteiger partial charge in [0.1, 0.15) is 0 Å². The summed E-state index contributed by atoms with van der Waals surface area (Å²) in [6, 6.07) is 11.5. The summed E-state index contributed by atoms with van der Waals surface area (Å²) < 4.78 is 7.16. The van der Waals surface area contributed by atoms with Crippen LogP contribution in [0.15, 0.2) is 41.2 Å². The molecule has 1 fully saturated rings. The third-order valence-corrected chi connectivity index (χ3v) is 3.34. The van der Waals surface area contributed by atoms with E-state index in [9.17, 15) is 4.79 Å². The minimum absolute atomic E-state index is 0.0557. The molecule has 18 heavy (non-hydrogen) atoms. The molecule has 0 amide bonds. The molecular weight excluding hydrogens is 228 g/mol. The number of pyridine rings is 1. The zero-order valence-electron chi connectivity index (χ0n) is 10.2. The van der Waals surface area contributed by atoms with Crippen LogP contribution in [0.5, 0.6) is 0 Å². The van der Waals surface area contributed by atoms with E-state index in [1.165, 1.54) is 0 Å². The third kappa shape index (κ3) is 2.17. The number of aromatic nitrogens is 1. The molecule has 1 aliphatic rings. The number of nitrogens with zero attached hydrogens (tertiary/aromatic N) is 2. The lowest BCUT2D eigenvalue weighted by Crippen LogP contribution is -2.39. The van der Waals surface area contributed by atoms with E-state index < -0.39 is 0 Å². The van der Waals surface area contributed by atoms with Gasteiger partial charge in [-0.1, -0.05) is 18.2 Å². The number of hydrogen-bond acceptors (Lipinski definition) is 3. The maximum atomic E-state index is 12.0. The molecule has 0 spiro atoms. The Hall–Kier alpha value is -1.65. The summed E-state index contributed by atoms with van der Waals surface area (Å²) in [6.07, 6.45) is 0. The second-order valence-corrected chi connectivity index (χ2v) is 4.53. The molecule has 3 rings (SSSR count). The van der Waals surface area contributed by atoms with Crippen molar-refractivity contribution >= 4 is 10.9 Å². The molecule has 1 saturated heterocycles. The second-order valence-electron chi connectivity index (χ2n) is 4.53. The second kappa shape index (κ2) is 4.92. The number of benzene rings is 1. The van der Waals surface area contributed by atoms with E-state index in [4.69, 9.17) is 4.74 Å². The Morgan fingerprint density at radius 3 is 2.67 bits per heavy atom. The Bertz CT molecular complexity index is 600. The summed E-state index contributed by atoms with van der Waals surface area (Å²) in [6.45, 7) is 3.91. The Balaban J connectivity index is 1.99. The van der Waals surface area contributed by atoms with Gasteiger partial charge >= 0.3 is 0 Å². The molecule has 0 atom stereocenters. The highest BCUT2D eigenvalue weighted by molar-refractivity contribution is 5.78. The van der Waals surface area contributed by atoms with E-state index in [1.807, 2.05) is 34.9 Å². The molecular formula is C14H16N2O2. The summed E-state index contributed by atoms with van der Waals surface area (Å²) in [5.41, 5.74) is 1.05. The van der Waals surface area contributed by atoms with Crippen LogP contribution in [0, 0.1) is 0 Å². The van der Waals surface area contributed by atoms with Gasteiger partial charge in [-0.15, -0.1) is 0 Å². The van der Waals surface area contributed by atoms with Crippen molar-refractivity contribution in [3.05, 3.63) is 46.8 Å². The summed E-state index contributed by atoms with van der Waals surface area (Å²) >= 11 is 0. The first-order valence-electron chi connectivity index (χ1n) is 6.23. The van der Waals surface area contributed by atoms with Gasteiger partial charge in [0.15, 0.2) is 0 Å². The molecule has 0 saturated carbocycles.